The average Bonchev–Trinajstić information content (AvgIpc) is 3.03. The van der Waals surface area contributed by atoms with Crippen LogP contribution in [0.5, 0.6) is 0 Å². The zero-order valence-corrected chi connectivity index (χ0v) is 16.7. The number of rotatable bonds is 4. The smallest absolute Gasteiger partial charge is 0.306 e. The molecule has 1 aliphatic heterocycles. The van der Waals surface area contributed by atoms with Gasteiger partial charge < -0.3 is 4.98 Å². The molecular weight excluding hydrogens is 398 g/mol. The van der Waals surface area contributed by atoms with Crippen molar-refractivity contribution in [2.24, 2.45) is 0 Å². The Bertz CT molecular complexity index is 1170. The highest BCUT2D eigenvalue weighted by Gasteiger charge is 2.28. The van der Waals surface area contributed by atoms with Crippen LogP contribution in [0.4, 0.5) is 0 Å². The normalized spacial score (nSPS) is 16.9. The second-order valence-electron chi connectivity index (χ2n) is 6.85. The van der Waals surface area contributed by atoms with Crippen molar-refractivity contribution >= 4 is 38.7 Å². The Morgan fingerprint density at radius 2 is 1.71 bits per heavy atom. The maximum atomic E-state index is 12.6. The number of aromatic amines is 1. The van der Waals surface area contributed by atoms with Gasteiger partial charge >= 0.3 is 5.69 Å². The van der Waals surface area contributed by atoms with E-state index in [1.54, 1.807) is 34.9 Å². The van der Waals surface area contributed by atoms with Gasteiger partial charge in [-0.05, 0) is 48.7 Å². The molecule has 1 fully saturated rings. The van der Waals surface area contributed by atoms with Gasteiger partial charge in [-0.15, -0.1) is 0 Å². The van der Waals surface area contributed by atoms with Crippen molar-refractivity contribution in [3.63, 3.8) is 0 Å². The molecule has 2 aromatic carbocycles. The van der Waals surface area contributed by atoms with E-state index in [9.17, 15) is 13.2 Å². The van der Waals surface area contributed by atoms with Crippen molar-refractivity contribution in [1.29, 1.82) is 0 Å². The maximum Gasteiger partial charge on any atom is 0.326 e. The van der Waals surface area contributed by atoms with Crippen molar-refractivity contribution in [3.05, 3.63) is 75.0 Å². The van der Waals surface area contributed by atoms with Gasteiger partial charge in [-0.1, -0.05) is 35.9 Å². The Balaban J connectivity index is 1.48. The number of aromatic nitrogens is 2. The predicted octanol–water partition coefficient (Wildman–Crippen LogP) is 3.62. The van der Waals surface area contributed by atoms with Crippen molar-refractivity contribution in [3.8, 4) is 0 Å². The molecule has 0 unspecified atom stereocenters. The summed E-state index contributed by atoms with van der Waals surface area (Å²) in [6.07, 6.45) is 2.76. The quantitative estimate of drug-likeness (QED) is 0.704. The number of nitrogens with zero attached hydrogens (tertiary/aromatic N) is 2. The summed E-state index contributed by atoms with van der Waals surface area (Å²) in [6, 6.07) is 14.5. The van der Waals surface area contributed by atoms with Crippen LogP contribution in [0.2, 0.25) is 5.02 Å². The summed E-state index contributed by atoms with van der Waals surface area (Å²) in [7, 11) is -3.51. The third kappa shape index (κ3) is 3.78. The summed E-state index contributed by atoms with van der Waals surface area (Å²) in [6.45, 7) is 0.758. The first kappa shape index (κ1) is 19.0. The molecule has 1 aromatic heterocycles. The zero-order valence-electron chi connectivity index (χ0n) is 15.1. The molecule has 0 bridgehead atoms. The lowest BCUT2D eigenvalue weighted by Gasteiger charge is -2.31. The lowest BCUT2D eigenvalue weighted by atomic mass is 10.1. The summed E-state index contributed by atoms with van der Waals surface area (Å²) in [5, 5.41) is 1.84. The predicted molar refractivity (Wildman–Crippen MR) is 112 cm³/mol. The number of hydrogen-bond donors (Lipinski definition) is 1. The van der Waals surface area contributed by atoms with Crippen molar-refractivity contribution in [2.45, 2.75) is 18.9 Å². The van der Waals surface area contributed by atoms with E-state index in [1.807, 2.05) is 24.3 Å². The zero-order chi connectivity index (χ0) is 19.7. The van der Waals surface area contributed by atoms with Crippen LogP contribution in [0.15, 0.2) is 58.7 Å². The van der Waals surface area contributed by atoms with Crippen LogP contribution >= 0.6 is 11.6 Å². The fourth-order valence-corrected chi connectivity index (χ4v) is 4.96. The molecule has 0 amide bonds. The van der Waals surface area contributed by atoms with Crippen LogP contribution in [0.3, 0.4) is 0 Å². The minimum atomic E-state index is -3.51. The second-order valence-corrected chi connectivity index (χ2v) is 9.10. The summed E-state index contributed by atoms with van der Waals surface area (Å²) >= 11 is 5.85. The minimum Gasteiger partial charge on any atom is -0.306 e. The first-order valence-corrected chi connectivity index (χ1v) is 11.0. The molecule has 28 heavy (non-hydrogen) atoms. The standard InChI is InChI=1S/C20H20ClN3O3S/c21-16-7-5-15(6-8-16)11-14-28(26,27)23-12-9-17(10-13-23)24-19-4-2-1-3-18(19)22-20(24)25/h1-8,11,14,17H,9-10,12-13H2,(H,22,25)/b14-11+. The number of sulfonamides is 1. The van der Waals surface area contributed by atoms with Gasteiger partial charge in [0.1, 0.15) is 0 Å². The Labute approximate surface area is 168 Å². The van der Waals surface area contributed by atoms with Crippen molar-refractivity contribution in [2.75, 3.05) is 13.1 Å². The molecule has 1 aliphatic rings. The van der Waals surface area contributed by atoms with Crippen LogP contribution in [0, 0.1) is 0 Å². The van der Waals surface area contributed by atoms with Gasteiger partial charge in [0.25, 0.3) is 0 Å². The van der Waals surface area contributed by atoms with Gasteiger partial charge in [-0.25, -0.2) is 13.2 Å². The number of hydrogen-bond acceptors (Lipinski definition) is 3. The van der Waals surface area contributed by atoms with Crippen LogP contribution in [-0.4, -0.2) is 35.4 Å². The monoisotopic (exact) mass is 417 g/mol. The molecule has 146 valence electrons. The van der Waals surface area contributed by atoms with E-state index in [4.69, 9.17) is 11.6 Å². The van der Waals surface area contributed by atoms with Gasteiger partial charge in [0.2, 0.25) is 10.0 Å². The summed E-state index contributed by atoms with van der Waals surface area (Å²) in [5.74, 6) is 0. The highest BCUT2D eigenvalue weighted by molar-refractivity contribution is 7.92. The van der Waals surface area contributed by atoms with Gasteiger partial charge in [-0.2, -0.15) is 4.31 Å². The molecule has 4 rings (SSSR count). The lowest BCUT2D eigenvalue weighted by molar-refractivity contribution is 0.276. The Hall–Kier alpha value is -2.35. The highest BCUT2D eigenvalue weighted by Crippen LogP contribution is 2.26. The number of benzene rings is 2. The number of halogens is 1. The van der Waals surface area contributed by atoms with Gasteiger partial charge in [0.15, 0.2) is 0 Å². The maximum absolute atomic E-state index is 12.6. The third-order valence-corrected chi connectivity index (χ3v) is 6.89. The minimum absolute atomic E-state index is 0.0182. The number of piperidine rings is 1. The number of imidazole rings is 1. The van der Waals surface area contributed by atoms with E-state index < -0.39 is 10.0 Å². The Morgan fingerprint density at radius 3 is 2.43 bits per heavy atom. The fourth-order valence-electron chi connectivity index (χ4n) is 3.62. The van der Waals surface area contributed by atoms with E-state index in [-0.39, 0.29) is 11.7 Å². The number of H-pyrrole nitrogens is 1. The SMILES string of the molecule is O=c1[nH]c2ccccc2n1C1CCN(S(=O)(=O)/C=C/c2ccc(Cl)cc2)CC1. The van der Waals surface area contributed by atoms with E-state index in [0.717, 1.165) is 16.6 Å². The van der Waals surface area contributed by atoms with E-state index in [0.29, 0.717) is 31.0 Å². The van der Waals surface area contributed by atoms with E-state index in [2.05, 4.69) is 4.98 Å². The van der Waals surface area contributed by atoms with E-state index in [1.165, 1.54) is 9.71 Å². The Morgan fingerprint density at radius 1 is 1.04 bits per heavy atom. The molecule has 3 aromatic rings. The number of nitrogens with one attached hydrogen (secondary N) is 1. The van der Waals surface area contributed by atoms with Gasteiger partial charge in [-0.3, -0.25) is 4.57 Å². The van der Waals surface area contributed by atoms with Crippen molar-refractivity contribution in [1.82, 2.24) is 13.9 Å². The highest BCUT2D eigenvalue weighted by atomic mass is 35.5. The molecule has 1 N–H and O–H groups in total. The molecule has 2 heterocycles. The van der Waals surface area contributed by atoms with Gasteiger partial charge in [0, 0.05) is 29.6 Å². The molecule has 0 aliphatic carbocycles. The number of fused-ring (bicyclic) bond motifs is 1. The van der Waals surface area contributed by atoms with Gasteiger partial charge in [0.05, 0.1) is 11.0 Å². The summed E-state index contributed by atoms with van der Waals surface area (Å²) in [5.41, 5.74) is 2.28. The largest absolute Gasteiger partial charge is 0.326 e. The van der Waals surface area contributed by atoms with Crippen LogP contribution in [0.25, 0.3) is 17.1 Å². The molecule has 0 radical (unpaired) electrons. The van der Waals surface area contributed by atoms with Crippen LogP contribution in [0.1, 0.15) is 24.4 Å². The van der Waals surface area contributed by atoms with Crippen LogP contribution < -0.4 is 5.69 Å². The molecule has 0 saturated carbocycles. The van der Waals surface area contributed by atoms with Crippen molar-refractivity contribution < 1.29 is 8.42 Å². The lowest BCUT2D eigenvalue weighted by Crippen LogP contribution is -2.39. The first-order valence-electron chi connectivity index (χ1n) is 9.07. The molecule has 0 spiro atoms. The molecule has 0 atom stereocenters. The summed E-state index contributed by atoms with van der Waals surface area (Å²) < 4.78 is 28.5. The van der Waals surface area contributed by atoms with E-state index >= 15 is 0 Å². The molecular formula is C20H20ClN3O3S. The molecule has 8 heteroatoms. The molecule has 6 nitrogen and oxygen atoms in total. The molecule has 1 saturated heterocycles. The van der Waals surface area contributed by atoms with Crippen LogP contribution in [-0.2, 0) is 10.0 Å². The Kier molecular flexibility index (Phi) is 5.14. The second kappa shape index (κ2) is 7.58. The first-order chi connectivity index (χ1) is 13.4. The average molecular weight is 418 g/mol. The topological polar surface area (TPSA) is 75.2 Å². The third-order valence-electron chi connectivity index (χ3n) is 5.07. The fraction of sp³-hybridized carbons (Fsp3) is 0.250. The number of para-hydroxylation sites is 2. The summed E-state index contributed by atoms with van der Waals surface area (Å²) in [4.78, 5) is 15.2.